The molecule has 20 heavy (non-hydrogen) atoms. The van der Waals surface area contributed by atoms with Gasteiger partial charge < -0.3 is 14.7 Å². The van der Waals surface area contributed by atoms with Crippen molar-refractivity contribution in [1.82, 2.24) is 10.1 Å². The molecule has 104 valence electrons. The van der Waals surface area contributed by atoms with Gasteiger partial charge in [0.05, 0.1) is 0 Å². The summed E-state index contributed by atoms with van der Waals surface area (Å²) in [6.45, 7) is 2.73. The normalized spacial score (nSPS) is 12.9. The number of fused-ring (bicyclic) bond motifs is 1. The van der Waals surface area contributed by atoms with Gasteiger partial charge in [0, 0.05) is 11.8 Å². The van der Waals surface area contributed by atoms with Crippen molar-refractivity contribution in [3.8, 4) is 11.6 Å². The van der Waals surface area contributed by atoms with Crippen LogP contribution in [0.15, 0.2) is 39.3 Å². The van der Waals surface area contributed by atoms with Crippen molar-refractivity contribution in [1.29, 1.82) is 0 Å². The smallest absolute Gasteiger partial charge is 0.238 e. The molecule has 0 aliphatic rings. The Labute approximate surface area is 116 Å². The van der Waals surface area contributed by atoms with Gasteiger partial charge in [0.1, 0.15) is 5.58 Å². The first-order valence-corrected chi connectivity index (χ1v) is 6.81. The standard InChI is InChI=1S/C15H17N3O2/c1-2-10(9-16)7-14-17-15(18-20-14)13-8-11-5-3-4-6-12(11)19-13/h3-6,8,10H,2,7,9,16H2,1H3. The van der Waals surface area contributed by atoms with Gasteiger partial charge in [0.2, 0.25) is 11.7 Å². The summed E-state index contributed by atoms with van der Waals surface area (Å²) in [7, 11) is 0. The van der Waals surface area contributed by atoms with Crippen LogP contribution in [0.25, 0.3) is 22.6 Å². The Bertz CT molecular complexity index is 665. The van der Waals surface area contributed by atoms with E-state index in [0.29, 0.717) is 36.4 Å². The zero-order valence-electron chi connectivity index (χ0n) is 11.4. The molecular weight excluding hydrogens is 254 g/mol. The Hall–Kier alpha value is -2.14. The number of benzene rings is 1. The minimum absolute atomic E-state index is 0.374. The molecule has 0 saturated carbocycles. The molecule has 2 heterocycles. The number of hydrogen-bond donors (Lipinski definition) is 1. The SMILES string of the molecule is CCC(CN)Cc1nc(-c2cc3ccccc3o2)no1. The lowest BCUT2D eigenvalue weighted by molar-refractivity contribution is 0.350. The fraction of sp³-hybridized carbons (Fsp3) is 0.333. The van der Waals surface area contributed by atoms with Gasteiger partial charge in [-0.1, -0.05) is 36.7 Å². The summed E-state index contributed by atoms with van der Waals surface area (Å²) >= 11 is 0. The van der Waals surface area contributed by atoms with Crippen LogP contribution in [0.5, 0.6) is 0 Å². The summed E-state index contributed by atoms with van der Waals surface area (Å²) in [5, 5.41) is 5.01. The van der Waals surface area contributed by atoms with Crippen molar-refractivity contribution in [2.24, 2.45) is 11.7 Å². The molecule has 0 bridgehead atoms. The van der Waals surface area contributed by atoms with Gasteiger partial charge in [0.15, 0.2) is 5.76 Å². The summed E-state index contributed by atoms with van der Waals surface area (Å²) in [5.41, 5.74) is 6.51. The highest BCUT2D eigenvalue weighted by Crippen LogP contribution is 2.26. The van der Waals surface area contributed by atoms with E-state index in [2.05, 4.69) is 17.1 Å². The molecule has 3 aromatic rings. The Balaban J connectivity index is 1.85. The molecule has 1 atom stereocenters. The molecule has 5 nitrogen and oxygen atoms in total. The molecule has 5 heteroatoms. The van der Waals surface area contributed by atoms with Crippen LogP contribution in [-0.4, -0.2) is 16.7 Å². The molecule has 0 fully saturated rings. The number of nitrogens with zero attached hydrogens (tertiary/aromatic N) is 2. The minimum Gasteiger partial charge on any atom is -0.453 e. The molecule has 3 rings (SSSR count). The fourth-order valence-electron chi connectivity index (χ4n) is 2.17. The van der Waals surface area contributed by atoms with Crippen LogP contribution >= 0.6 is 0 Å². The molecular formula is C15H17N3O2. The summed E-state index contributed by atoms with van der Waals surface area (Å²) in [4.78, 5) is 4.38. The van der Waals surface area contributed by atoms with Crippen LogP contribution in [0.1, 0.15) is 19.2 Å². The van der Waals surface area contributed by atoms with Crippen molar-refractivity contribution < 1.29 is 8.94 Å². The van der Waals surface area contributed by atoms with Crippen LogP contribution in [0.2, 0.25) is 0 Å². The van der Waals surface area contributed by atoms with Gasteiger partial charge in [-0.05, 0) is 24.6 Å². The molecule has 2 N–H and O–H groups in total. The second-order valence-corrected chi connectivity index (χ2v) is 4.87. The zero-order chi connectivity index (χ0) is 13.9. The van der Waals surface area contributed by atoms with E-state index in [4.69, 9.17) is 14.7 Å². The van der Waals surface area contributed by atoms with Crippen molar-refractivity contribution in [3.05, 3.63) is 36.2 Å². The Morgan fingerprint density at radius 1 is 1.30 bits per heavy atom. The van der Waals surface area contributed by atoms with E-state index in [0.717, 1.165) is 17.4 Å². The molecule has 0 amide bonds. The topological polar surface area (TPSA) is 78.1 Å². The van der Waals surface area contributed by atoms with E-state index in [9.17, 15) is 0 Å². The van der Waals surface area contributed by atoms with Crippen LogP contribution in [0, 0.1) is 5.92 Å². The van der Waals surface area contributed by atoms with Crippen LogP contribution in [-0.2, 0) is 6.42 Å². The van der Waals surface area contributed by atoms with Gasteiger partial charge in [-0.2, -0.15) is 4.98 Å². The third-order valence-corrected chi connectivity index (χ3v) is 3.49. The lowest BCUT2D eigenvalue weighted by Crippen LogP contribution is -2.15. The first kappa shape index (κ1) is 12.9. The summed E-state index contributed by atoms with van der Waals surface area (Å²) in [5.74, 6) is 2.10. The van der Waals surface area contributed by atoms with Crippen LogP contribution in [0.4, 0.5) is 0 Å². The Kier molecular flexibility index (Phi) is 3.52. The maximum absolute atomic E-state index is 5.72. The predicted octanol–water partition coefficient (Wildman–Crippen LogP) is 3.01. The highest BCUT2D eigenvalue weighted by molar-refractivity contribution is 5.81. The maximum Gasteiger partial charge on any atom is 0.238 e. The number of nitrogens with two attached hydrogens (primary N) is 1. The predicted molar refractivity (Wildman–Crippen MR) is 76.0 cm³/mol. The van der Waals surface area contributed by atoms with Crippen LogP contribution in [0.3, 0.4) is 0 Å². The molecule has 0 aliphatic heterocycles. The molecule has 0 spiro atoms. The largest absolute Gasteiger partial charge is 0.453 e. The first-order valence-electron chi connectivity index (χ1n) is 6.81. The monoisotopic (exact) mass is 271 g/mol. The molecule has 1 unspecified atom stereocenters. The van der Waals surface area contributed by atoms with Gasteiger partial charge in [-0.25, -0.2) is 0 Å². The molecule has 1 aromatic carbocycles. The molecule has 0 saturated heterocycles. The van der Waals surface area contributed by atoms with Crippen molar-refractivity contribution in [2.45, 2.75) is 19.8 Å². The summed E-state index contributed by atoms with van der Waals surface area (Å²) < 4.78 is 11.0. The van der Waals surface area contributed by atoms with E-state index in [1.54, 1.807) is 0 Å². The van der Waals surface area contributed by atoms with E-state index in [1.165, 1.54) is 0 Å². The maximum atomic E-state index is 5.72. The second kappa shape index (κ2) is 5.46. The number of furan rings is 1. The molecule has 0 aliphatic carbocycles. The first-order chi connectivity index (χ1) is 9.80. The third kappa shape index (κ3) is 2.44. The van der Waals surface area contributed by atoms with Gasteiger partial charge in [-0.3, -0.25) is 0 Å². The highest BCUT2D eigenvalue weighted by atomic mass is 16.5. The average molecular weight is 271 g/mol. The Morgan fingerprint density at radius 2 is 2.15 bits per heavy atom. The number of hydrogen-bond acceptors (Lipinski definition) is 5. The second-order valence-electron chi connectivity index (χ2n) is 4.87. The van der Waals surface area contributed by atoms with Crippen molar-refractivity contribution >= 4 is 11.0 Å². The van der Waals surface area contributed by atoms with Gasteiger partial charge in [0.25, 0.3) is 0 Å². The highest BCUT2D eigenvalue weighted by Gasteiger charge is 2.15. The molecule has 2 aromatic heterocycles. The average Bonchev–Trinajstić information content (AvgIpc) is 3.10. The minimum atomic E-state index is 0.374. The van der Waals surface area contributed by atoms with Crippen LogP contribution < -0.4 is 5.73 Å². The van der Waals surface area contributed by atoms with Crippen molar-refractivity contribution in [3.63, 3.8) is 0 Å². The molecule has 0 radical (unpaired) electrons. The summed E-state index contributed by atoms with van der Waals surface area (Å²) in [6, 6.07) is 9.73. The lowest BCUT2D eigenvalue weighted by atomic mass is 10.0. The summed E-state index contributed by atoms with van der Waals surface area (Å²) in [6.07, 6.45) is 1.71. The van der Waals surface area contributed by atoms with Gasteiger partial charge in [-0.15, -0.1) is 0 Å². The van der Waals surface area contributed by atoms with E-state index >= 15 is 0 Å². The number of aromatic nitrogens is 2. The van der Waals surface area contributed by atoms with E-state index in [-0.39, 0.29) is 0 Å². The van der Waals surface area contributed by atoms with Crippen molar-refractivity contribution in [2.75, 3.05) is 6.54 Å². The lowest BCUT2D eigenvalue weighted by Gasteiger charge is -2.07. The quantitative estimate of drug-likeness (QED) is 0.771. The van der Waals surface area contributed by atoms with E-state index < -0.39 is 0 Å². The number of para-hydroxylation sites is 1. The Morgan fingerprint density at radius 3 is 2.90 bits per heavy atom. The van der Waals surface area contributed by atoms with E-state index in [1.807, 2.05) is 30.3 Å². The fourth-order valence-corrected chi connectivity index (χ4v) is 2.17. The zero-order valence-corrected chi connectivity index (χ0v) is 11.4. The van der Waals surface area contributed by atoms with Gasteiger partial charge >= 0.3 is 0 Å². The third-order valence-electron chi connectivity index (χ3n) is 3.49. The number of rotatable bonds is 5.